The van der Waals surface area contributed by atoms with E-state index in [2.05, 4.69) is 34.6 Å². The second-order valence-electron chi connectivity index (χ2n) is 11.7. The van der Waals surface area contributed by atoms with E-state index in [0.29, 0.717) is 24.0 Å². The highest BCUT2D eigenvalue weighted by molar-refractivity contribution is 5.86. The van der Waals surface area contributed by atoms with Crippen molar-refractivity contribution >= 4 is 11.8 Å². The average molecular weight is 405 g/mol. The summed E-state index contributed by atoms with van der Waals surface area (Å²) in [6.07, 6.45) is 11.7. The van der Waals surface area contributed by atoms with Gasteiger partial charge >= 0.3 is 5.97 Å². The molecule has 3 fully saturated rings. The van der Waals surface area contributed by atoms with Crippen LogP contribution in [0.25, 0.3) is 0 Å². The summed E-state index contributed by atoms with van der Waals surface area (Å²) in [5.74, 6) is 1.69. The fourth-order valence-corrected chi connectivity index (χ4v) is 7.82. The summed E-state index contributed by atoms with van der Waals surface area (Å²) in [7, 11) is 0. The summed E-state index contributed by atoms with van der Waals surface area (Å²) in [5, 5.41) is 10.3. The molecule has 0 aliphatic heterocycles. The van der Waals surface area contributed by atoms with Crippen molar-refractivity contribution in [2.75, 3.05) is 0 Å². The van der Waals surface area contributed by atoms with Crippen molar-refractivity contribution in [1.29, 1.82) is 0 Å². The third-order valence-corrected chi connectivity index (χ3v) is 9.56. The molecular weight excluding hydrogens is 360 g/mol. The molecule has 3 saturated carbocycles. The highest BCUT2D eigenvalue weighted by Crippen LogP contribution is 2.64. The number of ketones is 1. The number of Topliss-reactive ketones (excluding diaryl/α,β-unsaturated/α-hetero) is 1. The van der Waals surface area contributed by atoms with E-state index in [4.69, 9.17) is 0 Å². The maximum absolute atomic E-state index is 12.9. The number of hydrogen-bond donors (Lipinski definition) is 1. The van der Waals surface area contributed by atoms with Crippen molar-refractivity contribution in [3.63, 3.8) is 0 Å². The van der Waals surface area contributed by atoms with Crippen LogP contribution in [0.4, 0.5) is 0 Å². The fraction of sp³-hybridized carbons (Fsp3) is 0.923. The predicted octanol–water partition coefficient (Wildman–Crippen LogP) is 6.74. The normalized spacial score (nSPS) is 41.4. The molecule has 3 rings (SSSR count). The topological polar surface area (TPSA) is 54.4 Å². The van der Waals surface area contributed by atoms with Crippen molar-refractivity contribution < 1.29 is 14.7 Å². The van der Waals surface area contributed by atoms with E-state index in [1.807, 2.05) is 0 Å². The zero-order valence-corrected chi connectivity index (χ0v) is 19.5. The van der Waals surface area contributed by atoms with E-state index >= 15 is 0 Å². The van der Waals surface area contributed by atoms with E-state index in [0.717, 1.165) is 44.4 Å². The molecule has 3 aliphatic carbocycles. The highest BCUT2D eigenvalue weighted by Gasteiger charge is 2.60. The Balaban J connectivity index is 1.79. The number of carboxylic acids is 1. The standard InChI is InChI=1S/C26H44O3/c1-17(2)9-8-10-18(3)19-12-13-20-23(24(28)29)21(14-16-25(19,20)4)26(5)15-7-6-11-22(26)27/h17-21,23H,6-16H2,1-5H3,(H,28,29)/t18-,19-,20+,21+,23-,25+,26+/m0/s1. The molecule has 166 valence electrons. The molecule has 0 amide bonds. The molecule has 7 atom stereocenters. The maximum Gasteiger partial charge on any atom is 0.307 e. The second-order valence-corrected chi connectivity index (χ2v) is 11.7. The molecule has 0 bridgehead atoms. The van der Waals surface area contributed by atoms with Crippen LogP contribution in [0.1, 0.15) is 105 Å². The average Bonchev–Trinajstić information content (AvgIpc) is 2.99. The predicted molar refractivity (Wildman–Crippen MR) is 118 cm³/mol. The van der Waals surface area contributed by atoms with Gasteiger partial charge in [0.25, 0.3) is 0 Å². The van der Waals surface area contributed by atoms with Crippen molar-refractivity contribution in [1.82, 2.24) is 0 Å². The highest BCUT2D eigenvalue weighted by atomic mass is 16.4. The van der Waals surface area contributed by atoms with E-state index in [1.165, 1.54) is 25.7 Å². The first kappa shape index (κ1) is 22.8. The minimum Gasteiger partial charge on any atom is -0.481 e. The van der Waals surface area contributed by atoms with Crippen LogP contribution in [-0.4, -0.2) is 16.9 Å². The zero-order valence-electron chi connectivity index (χ0n) is 19.5. The summed E-state index contributed by atoms with van der Waals surface area (Å²) in [5.41, 5.74) is -0.283. The van der Waals surface area contributed by atoms with Crippen LogP contribution in [0.3, 0.4) is 0 Å². The Hall–Kier alpha value is -0.860. The van der Waals surface area contributed by atoms with Gasteiger partial charge in [0, 0.05) is 11.8 Å². The zero-order chi connectivity index (χ0) is 21.4. The fourth-order valence-electron chi connectivity index (χ4n) is 7.82. The number of carbonyl (C=O) groups is 2. The van der Waals surface area contributed by atoms with Gasteiger partial charge in [0.1, 0.15) is 5.78 Å². The molecule has 0 aromatic heterocycles. The van der Waals surface area contributed by atoms with Gasteiger partial charge in [0.05, 0.1) is 5.92 Å². The molecule has 3 heteroatoms. The Morgan fingerprint density at radius 3 is 2.38 bits per heavy atom. The molecule has 3 aliphatic rings. The number of rotatable bonds is 7. The quantitative estimate of drug-likeness (QED) is 0.511. The first-order valence-electron chi connectivity index (χ1n) is 12.4. The molecule has 0 aromatic rings. The summed E-state index contributed by atoms with van der Waals surface area (Å²) < 4.78 is 0. The molecule has 3 nitrogen and oxygen atoms in total. The second kappa shape index (κ2) is 8.71. The largest absolute Gasteiger partial charge is 0.481 e. The smallest absolute Gasteiger partial charge is 0.307 e. The molecule has 0 aromatic carbocycles. The lowest BCUT2D eigenvalue weighted by molar-refractivity contribution is -0.161. The Kier molecular flexibility index (Phi) is 6.85. The molecule has 0 spiro atoms. The molecular formula is C26H44O3. The van der Waals surface area contributed by atoms with Gasteiger partial charge in [-0.15, -0.1) is 0 Å². The SMILES string of the molecule is CC(C)CCC[C@H](C)[C@@H]1CC[C@@H]2[C@H](C(=O)O)[C@H]([C@@]3(C)CCCCC3=O)CC[C@@]21C. The monoisotopic (exact) mass is 404 g/mol. The summed E-state index contributed by atoms with van der Waals surface area (Å²) in [6.45, 7) is 11.5. The van der Waals surface area contributed by atoms with Gasteiger partial charge in [-0.05, 0) is 73.5 Å². The van der Waals surface area contributed by atoms with Crippen molar-refractivity contribution in [2.24, 2.45) is 46.3 Å². The van der Waals surface area contributed by atoms with Crippen LogP contribution in [0.5, 0.6) is 0 Å². The van der Waals surface area contributed by atoms with Gasteiger partial charge in [-0.2, -0.15) is 0 Å². The minimum absolute atomic E-state index is 0.0286. The van der Waals surface area contributed by atoms with Crippen LogP contribution in [0.15, 0.2) is 0 Å². The minimum atomic E-state index is -0.640. The van der Waals surface area contributed by atoms with E-state index in [-0.39, 0.29) is 23.2 Å². The molecule has 0 radical (unpaired) electrons. The van der Waals surface area contributed by atoms with Crippen molar-refractivity contribution in [2.45, 2.75) is 105 Å². The van der Waals surface area contributed by atoms with Gasteiger partial charge in [-0.25, -0.2) is 0 Å². The number of carboxylic acid groups (broad SMARTS) is 1. The Morgan fingerprint density at radius 2 is 1.76 bits per heavy atom. The molecule has 0 saturated heterocycles. The van der Waals surface area contributed by atoms with Crippen LogP contribution in [-0.2, 0) is 9.59 Å². The molecule has 29 heavy (non-hydrogen) atoms. The van der Waals surface area contributed by atoms with Gasteiger partial charge in [-0.3, -0.25) is 9.59 Å². The third-order valence-electron chi connectivity index (χ3n) is 9.56. The Morgan fingerprint density at radius 1 is 1.03 bits per heavy atom. The van der Waals surface area contributed by atoms with E-state index in [9.17, 15) is 14.7 Å². The van der Waals surface area contributed by atoms with Gasteiger partial charge in [0.15, 0.2) is 0 Å². The van der Waals surface area contributed by atoms with Gasteiger partial charge in [-0.1, -0.05) is 60.3 Å². The van der Waals surface area contributed by atoms with E-state index < -0.39 is 11.4 Å². The van der Waals surface area contributed by atoms with Crippen LogP contribution in [0, 0.1) is 46.3 Å². The Labute approximate surface area is 178 Å². The third kappa shape index (κ3) is 4.17. The molecule has 0 heterocycles. The van der Waals surface area contributed by atoms with Crippen molar-refractivity contribution in [3.05, 3.63) is 0 Å². The number of hydrogen-bond acceptors (Lipinski definition) is 2. The Bertz CT molecular complexity index is 611. The molecule has 0 unspecified atom stereocenters. The van der Waals surface area contributed by atoms with Gasteiger partial charge in [0.2, 0.25) is 0 Å². The van der Waals surface area contributed by atoms with Crippen LogP contribution >= 0.6 is 0 Å². The lowest BCUT2D eigenvalue weighted by Gasteiger charge is -2.53. The number of aliphatic carboxylic acids is 1. The number of fused-ring (bicyclic) bond motifs is 1. The van der Waals surface area contributed by atoms with Crippen molar-refractivity contribution in [3.8, 4) is 0 Å². The lowest BCUT2D eigenvalue weighted by Crippen LogP contribution is -2.52. The van der Waals surface area contributed by atoms with Crippen LogP contribution in [0.2, 0.25) is 0 Å². The summed E-state index contributed by atoms with van der Waals surface area (Å²) in [4.78, 5) is 25.5. The first-order valence-corrected chi connectivity index (χ1v) is 12.4. The number of carbonyl (C=O) groups excluding carboxylic acids is 1. The maximum atomic E-state index is 12.9. The molecule has 1 N–H and O–H groups in total. The summed E-state index contributed by atoms with van der Waals surface area (Å²) >= 11 is 0. The van der Waals surface area contributed by atoms with Crippen LogP contribution < -0.4 is 0 Å². The first-order chi connectivity index (χ1) is 13.6. The van der Waals surface area contributed by atoms with Gasteiger partial charge < -0.3 is 5.11 Å². The van der Waals surface area contributed by atoms with E-state index in [1.54, 1.807) is 0 Å². The summed E-state index contributed by atoms with van der Waals surface area (Å²) in [6, 6.07) is 0. The lowest BCUT2D eigenvalue weighted by atomic mass is 9.50.